The SMILES string of the molecule is N=C1CCCN1Cc1ccc(C(=O)OCCBr)cn1. The van der Waals surface area contributed by atoms with Gasteiger partial charge < -0.3 is 9.64 Å². The Labute approximate surface area is 120 Å². The molecule has 19 heavy (non-hydrogen) atoms. The van der Waals surface area contributed by atoms with Gasteiger partial charge in [-0.05, 0) is 18.6 Å². The number of nitrogens with zero attached hydrogens (tertiary/aromatic N) is 2. The Hall–Kier alpha value is -1.43. The molecule has 102 valence electrons. The summed E-state index contributed by atoms with van der Waals surface area (Å²) in [5, 5.41) is 8.39. The highest BCUT2D eigenvalue weighted by Gasteiger charge is 2.17. The van der Waals surface area contributed by atoms with Gasteiger partial charge in [0.1, 0.15) is 6.61 Å². The topological polar surface area (TPSA) is 66.3 Å². The van der Waals surface area contributed by atoms with Crippen molar-refractivity contribution in [2.45, 2.75) is 19.4 Å². The summed E-state index contributed by atoms with van der Waals surface area (Å²) in [5.74, 6) is 0.315. The summed E-state index contributed by atoms with van der Waals surface area (Å²) in [4.78, 5) is 17.8. The van der Waals surface area contributed by atoms with E-state index in [1.807, 2.05) is 11.0 Å². The highest BCUT2D eigenvalue weighted by Crippen LogP contribution is 2.13. The molecule has 0 saturated carbocycles. The van der Waals surface area contributed by atoms with E-state index in [9.17, 15) is 4.79 Å². The lowest BCUT2D eigenvalue weighted by Crippen LogP contribution is -2.23. The first-order chi connectivity index (χ1) is 9.20. The molecule has 1 fully saturated rings. The summed E-state index contributed by atoms with van der Waals surface area (Å²) in [7, 11) is 0. The van der Waals surface area contributed by atoms with Crippen LogP contribution in [0, 0.1) is 5.41 Å². The van der Waals surface area contributed by atoms with Crippen molar-refractivity contribution in [3.05, 3.63) is 29.6 Å². The smallest absolute Gasteiger partial charge is 0.339 e. The summed E-state index contributed by atoms with van der Waals surface area (Å²) < 4.78 is 5.00. The molecule has 0 aliphatic carbocycles. The van der Waals surface area contributed by atoms with Crippen LogP contribution >= 0.6 is 15.9 Å². The molecule has 1 saturated heterocycles. The van der Waals surface area contributed by atoms with Crippen molar-refractivity contribution < 1.29 is 9.53 Å². The van der Waals surface area contributed by atoms with Gasteiger partial charge in [0.2, 0.25) is 0 Å². The van der Waals surface area contributed by atoms with Crippen LogP contribution in [0.5, 0.6) is 0 Å². The number of halogens is 1. The third-order valence-corrected chi connectivity index (χ3v) is 3.27. The van der Waals surface area contributed by atoms with E-state index in [0.29, 0.717) is 29.9 Å². The lowest BCUT2D eigenvalue weighted by molar-refractivity contribution is 0.0531. The van der Waals surface area contributed by atoms with E-state index in [0.717, 1.165) is 25.1 Å². The highest BCUT2D eigenvalue weighted by atomic mass is 79.9. The number of hydrogen-bond acceptors (Lipinski definition) is 4. The molecule has 0 atom stereocenters. The molecule has 0 bridgehead atoms. The molecule has 6 heteroatoms. The van der Waals surface area contributed by atoms with Crippen LogP contribution in [0.3, 0.4) is 0 Å². The predicted octanol–water partition coefficient (Wildman–Crippen LogP) is 2.21. The minimum atomic E-state index is -0.354. The summed E-state index contributed by atoms with van der Waals surface area (Å²) in [6.45, 7) is 1.90. The maximum absolute atomic E-state index is 11.6. The number of carbonyl (C=O) groups is 1. The molecule has 1 aromatic heterocycles. The third-order valence-electron chi connectivity index (χ3n) is 2.95. The minimum Gasteiger partial charge on any atom is -0.461 e. The monoisotopic (exact) mass is 325 g/mol. The van der Waals surface area contributed by atoms with E-state index in [1.165, 1.54) is 6.20 Å². The summed E-state index contributed by atoms with van der Waals surface area (Å²) in [6, 6.07) is 3.54. The normalized spacial score (nSPS) is 14.8. The van der Waals surface area contributed by atoms with Gasteiger partial charge in [-0.3, -0.25) is 10.4 Å². The minimum absolute atomic E-state index is 0.353. The maximum atomic E-state index is 11.6. The number of aromatic nitrogens is 1. The largest absolute Gasteiger partial charge is 0.461 e. The van der Waals surface area contributed by atoms with Gasteiger partial charge in [0, 0.05) is 24.5 Å². The van der Waals surface area contributed by atoms with E-state index >= 15 is 0 Å². The molecular formula is C13H16BrN3O2. The molecule has 2 rings (SSSR count). The van der Waals surface area contributed by atoms with Crippen LogP contribution < -0.4 is 0 Å². The number of likely N-dealkylation sites (tertiary alicyclic amines) is 1. The van der Waals surface area contributed by atoms with Gasteiger partial charge in [0.05, 0.1) is 23.6 Å². The zero-order chi connectivity index (χ0) is 13.7. The van der Waals surface area contributed by atoms with Gasteiger partial charge in [0.25, 0.3) is 0 Å². The second-order valence-electron chi connectivity index (χ2n) is 4.33. The standard InChI is InChI=1S/C13H16BrN3O2/c14-5-7-19-13(18)10-3-4-11(16-8-10)9-17-6-1-2-12(17)15/h3-4,8,15H,1-2,5-7,9H2. The van der Waals surface area contributed by atoms with Gasteiger partial charge in [-0.15, -0.1) is 0 Å². The molecule has 0 spiro atoms. The highest BCUT2D eigenvalue weighted by molar-refractivity contribution is 9.09. The molecule has 5 nitrogen and oxygen atoms in total. The summed E-state index contributed by atoms with van der Waals surface area (Å²) >= 11 is 3.20. The van der Waals surface area contributed by atoms with Crippen LogP contribution in [0.2, 0.25) is 0 Å². The summed E-state index contributed by atoms with van der Waals surface area (Å²) in [6.07, 6.45) is 3.42. The molecule has 2 heterocycles. The van der Waals surface area contributed by atoms with Crippen molar-refractivity contribution in [1.82, 2.24) is 9.88 Å². The molecule has 1 aliphatic heterocycles. The van der Waals surface area contributed by atoms with Crippen molar-refractivity contribution in [2.24, 2.45) is 0 Å². The number of alkyl halides is 1. The van der Waals surface area contributed by atoms with Crippen molar-refractivity contribution in [3.8, 4) is 0 Å². The molecule has 1 aliphatic rings. The lowest BCUT2D eigenvalue weighted by atomic mass is 10.2. The lowest BCUT2D eigenvalue weighted by Gasteiger charge is -2.16. The molecule has 0 amide bonds. The maximum Gasteiger partial charge on any atom is 0.339 e. The Morgan fingerprint density at radius 1 is 1.53 bits per heavy atom. The molecule has 1 N–H and O–H groups in total. The number of hydrogen-bond donors (Lipinski definition) is 1. The Morgan fingerprint density at radius 2 is 2.37 bits per heavy atom. The second-order valence-corrected chi connectivity index (χ2v) is 5.13. The van der Waals surface area contributed by atoms with E-state index in [1.54, 1.807) is 6.07 Å². The number of pyridine rings is 1. The first-order valence-corrected chi connectivity index (χ1v) is 7.33. The summed E-state index contributed by atoms with van der Waals surface area (Å²) in [5.41, 5.74) is 1.32. The van der Waals surface area contributed by atoms with Crippen LogP contribution in [-0.2, 0) is 11.3 Å². The number of ether oxygens (including phenoxy) is 1. The van der Waals surface area contributed by atoms with Crippen molar-refractivity contribution in [1.29, 1.82) is 5.41 Å². The Kier molecular flexibility index (Phi) is 4.90. The first-order valence-electron chi connectivity index (χ1n) is 6.21. The predicted molar refractivity (Wildman–Crippen MR) is 75.7 cm³/mol. The van der Waals surface area contributed by atoms with Gasteiger partial charge >= 0.3 is 5.97 Å². The number of nitrogens with one attached hydrogen (secondary N) is 1. The Balaban J connectivity index is 1.94. The average molecular weight is 326 g/mol. The fraction of sp³-hybridized carbons (Fsp3) is 0.462. The molecular weight excluding hydrogens is 310 g/mol. The van der Waals surface area contributed by atoms with Crippen LogP contribution in [-0.4, -0.2) is 40.2 Å². The van der Waals surface area contributed by atoms with Gasteiger partial charge in [-0.2, -0.15) is 0 Å². The van der Waals surface area contributed by atoms with E-state index in [4.69, 9.17) is 10.1 Å². The quantitative estimate of drug-likeness (QED) is 0.665. The molecule has 0 unspecified atom stereocenters. The first kappa shape index (κ1) is 14.0. The van der Waals surface area contributed by atoms with Crippen LogP contribution in [0.1, 0.15) is 28.9 Å². The van der Waals surface area contributed by atoms with Crippen LogP contribution in [0.15, 0.2) is 18.3 Å². The number of esters is 1. The van der Waals surface area contributed by atoms with E-state index < -0.39 is 0 Å². The number of amidine groups is 1. The van der Waals surface area contributed by atoms with Crippen LogP contribution in [0.25, 0.3) is 0 Å². The zero-order valence-electron chi connectivity index (χ0n) is 10.6. The van der Waals surface area contributed by atoms with Gasteiger partial charge in [0.15, 0.2) is 0 Å². The van der Waals surface area contributed by atoms with Gasteiger partial charge in [-0.25, -0.2) is 4.79 Å². The van der Waals surface area contributed by atoms with Crippen LogP contribution in [0.4, 0.5) is 0 Å². The Bertz CT molecular complexity index is 461. The van der Waals surface area contributed by atoms with Crippen molar-refractivity contribution in [3.63, 3.8) is 0 Å². The molecule has 0 aromatic carbocycles. The van der Waals surface area contributed by atoms with Crippen molar-refractivity contribution in [2.75, 3.05) is 18.5 Å². The average Bonchev–Trinajstić information content (AvgIpc) is 2.82. The Morgan fingerprint density at radius 3 is 2.95 bits per heavy atom. The fourth-order valence-electron chi connectivity index (χ4n) is 1.95. The fourth-order valence-corrected chi connectivity index (χ4v) is 2.12. The third kappa shape index (κ3) is 3.76. The van der Waals surface area contributed by atoms with E-state index in [2.05, 4.69) is 20.9 Å². The number of carbonyl (C=O) groups excluding carboxylic acids is 1. The van der Waals surface area contributed by atoms with Gasteiger partial charge in [-0.1, -0.05) is 15.9 Å². The molecule has 0 radical (unpaired) electrons. The number of rotatable bonds is 5. The molecule has 1 aromatic rings. The van der Waals surface area contributed by atoms with Crippen molar-refractivity contribution >= 4 is 27.7 Å². The second kappa shape index (κ2) is 6.65. The zero-order valence-corrected chi connectivity index (χ0v) is 12.1. The van der Waals surface area contributed by atoms with E-state index in [-0.39, 0.29) is 5.97 Å².